The van der Waals surface area contributed by atoms with Crippen LogP contribution in [0.4, 0.5) is 0 Å². The van der Waals surface area contributed by atoms with Gasteiger partial charge in [0.2, 0.25) is 5.89 Å². The van der Waals surface area contributed by atoms with E-state index >= 15 is 0 Å². The van der Waals surface area contributed by atoms with Gasteiger partial charge in [0.25, 0.3) is 0 Å². The second kappa shape index (κ2) is 7.40. The van der Waals surface area contributed by atoms with Crippen LogP contribution in [0.5, 0.6) is 0 Å². The molecular formula is C18H23N5O. The Hall–Kier alpha value is -2.47. The summed E-state index contributed by atoms with van der Waals surface area (Å²) >= 11 is 0. The number of nitrogens with one attached hydrogen (secondary N) is 1. The van der Waals surface area contributed by atoms with Gasteiger partial charge in [-0.25, -0.2) is 0 Å². The van der Waals surface area contributed by atoms with Crippen LogP contribution in [0.15, 0.2) is 47.2 Å². The van der Waals surface area contributed by atoms with Crippen LogP contribution in [0.3, 0.4) is 0 Å². The largest absolute Gasteiger partial charge is 0.338 e. The van der Waals surface area contributed by atoms with Gasteiger partial charge in [-0.15, -0.1) is 0 Å². The fourth-order valence-electron chi connectivity index (χ4n) is 2.52. The van der Waals surface area contributed by atoms with Crippen molar-refractivity contribution in [3.8, 4) is 0 Å². The van der Waals surface area contributed by atoms with Gasteiger partial charge in [-0.1, -0.05) is 35.5 Å². The summed E-state index contributed by atoms with van der Waals surface area (Å²) in [4.78, 5) is 4.45. The Bertz CT molecular complexity index is 765. The SMILES string of the molecule is Cc1cnn([C@@H](C)[C@@H](C)NCc2nc(Cc3ccccc3)no2)c1. The Kier molecular flexibility index (Phi) is 5.05. The number of benzene rings is 1. The zero-order valence-corrected chi connectivity index (χ0v) is 14.3. The molecule has 0 aliphatic rings. The molecule has 1 aromatic carbocycles. The van der Waals surface area contributed by atoms with Gasteiger partial charge in [-0.05, 0) is 31.9 Å². The van der Waals surface area contributed by atoms with E-state index in [1.807, 2.05) is 42.2 Å². The van der Waals surface area contributed by atoms with E-state index in [9.17, 15) is 0 Å². The van der Waals surface area contributed by atoms with Crippen LogP contribution in [-0.4, -0.2) is 26.0 Å². The predicted molar refractivity (Wildman–Crippen MR) is 91.5 cm³/mol. The molecule has 0 saturated carbocycles. The summed E-state index contributed by atoms with van der Waals surface area (Å²) in [5.74, 6) is 1.32. The van der Waals surface area contributed by atoms with Crippen molar-refractivity contribution in [3.63, 3.8) is 0 Å². The molecule has 0 spiro atoms. The Morgan fingerprint density at radius 2 is 2.00 bits per heavy atom. The highest BCUT2D eigenvalue weighted by Gasteiger charge is 2.16. The maximum Gasteiger partial charge on any atom is 0.240 e. The van der Waals surface area contributed by atoms with E-state index in [4.69, 9.17) is 4.52 Å². The van der Waals surface area contributed by atoms with E-state index in [1.54, 1.807) is 0 Å². The molecule has 24 heavy (non-hydrogen) atoms. The molecule has 126 valence electrons. The fraction of sp³-hybridized carbons (Fsp3) is 0.389. The second-order valence-electron chi connectivity index (χ2n) is 6.17. The van der Waals surface area contributed by atoms with Gasteiger partial charge in [0.15, 0.2) is 5.82 Å². The molecule has 0 bridgehead atoms. The smallest absolute Gasteiger partial charge is 0.240 e. The van der Waals surface area contributed by atoms with Crippen molar-refractivity contribution in [2.24, 2.45) is 0 Å². The Balaban J connectivity index is 1.53. The minimum atomic E-state index is 0.230. The summed E-state index contributed by atoms with van der Waals surface area (Å²) in [5.41, 5.74) is 2.34. The molecule has 3 aromatic rings. The molecule has 6 heteroatoms. The van der Waals surface area contributed by atoms with Crippen molar-refractivity contribution in [1.82, 2.24) is 25.2 Å². The molecule has 0 saturated heterocycles. The molecule has 0 unspecified atom stereocenters. The van der Waals surface area contributed by atoms with Crippen molar-refractivity contribution >= 4 is 0 Å². The Morgan fingerprint density at radius 3 is 2.71 bits per heavy atom. The molecular weight excluding hydrogens is 302 g/mol. The normalized spacial score (nSPS) is 13.8. The van der Waals surface area contributed by atoms with E-state index < -0.39 is 0 Å². The van der Waals surface area contributed by atoms with Crippen LogP contribution in [0.25, 0.3) is 0 Å². The Morgan fingerprint density at radius 1 is 1.21 bits per heavy atom. The summed E-state index contributed by atoms with van der Waals surface area (Å²) in [6.45, 7) is 6.86. The van der Waals surface area contributed by atoms with Gasteiger partial charge in [0, 0.05) is 18.7 Å². The molecule has 0 radical (unpaired) electrons. The standard InChI is InChI=1S/C18H23N5O/c1-13-10-20-23(12-13)15(3)14(2)19-11-18-21-17(22-24-18)9-16-7-5-4-6-8-16/h4-8,10,12,14-15,19H,9,11H2,1-3H3/t14-,15+/m1/s1. The summed E-state index contributed by atoms with van der Waals surface area (Å²) in [6.07, 6.45) is 4.60. The highest BCUT2D eigenvalue weighted by Crippen LogP contribution is 2.12. The van der Waals surface area contributed by atoms with Crippen LogP contribution >= 0.6 is 0 Å². The topological polar surface area (TPSA) is 68.8 Å². The number of aryl methyl sites for hydroxylation is 1. The fourth-order valence-corrected chi connectivity index (χ4v) is 2.52. The lowest BCUT2D eigenvalue weighted by Crippen LogP contribution is -2.33. The number of hydrogen-bond acceptors (Lipinski definition) is 5. The van der Waals surface area contributed by atoms with E-state index in [0.29, 0.717) is 24.7 Å². The first-order valence-corrected chi connectivity index (χ1v) is 8.21. The first-order valence-electron chi connectivity index (χ1n) is 8.21. The number of aromatic nitrogens is 4. The molecule has 0 aliphatic carbocycles. The second-order valence-corrected chi connectivity index (χ2v) is 6.17. The van der Waals surface area contributed by atoms with Crippen molar-refractivity contribution in [1.29, 1.82) is 0 Å². The van der Waals surface area contributed by atoms with Crippen molar-refractivity contribution in [2.75, 3.05) is 0 Å². The lowest BCUT2D eigenvalue weighted by molar-refractivity contribution is 0.324. The van der Waals surface area contributed by atoms with Gasteiger partial charge in [-0.3, -0.25) is 4.68 Å². The molecule has 0 fully saturated rings. The van der Waals surface area contributed by atoms with E-state index in [-0.39, 0.29) is 12.1 Å². The average Bonchev–Trinajstić information content (AvgIpc) is 3.22. The van der Waals surface area contributed by atoms with Crippen molar-refractivity contribution in [3.05, 3.63) is 65.6 Å². The summed E-state index contributed by atoms with van der Waals surface area (Å²) in [5, 5.41) is 11.8. The van der Waals surface area contributed by atoms with Crippen molar-refractivity contribution in [2.45, 2.75) is 45.8 Å². The molecule has 2 atom stereocenters. The summed E-state index contributed by atoms with van der Waals surface area (Å²) < 4.78 is 7.30. The van der Waals surface area contributed by atoms with Gasteiger partial charge < -0.3 is 9.84 Å². The zero-order valence-electron chi connectivity index (χ0n) is 14.3. The molecule has 6 nitrogen and oxygen atoms in total. The monoisotopic (exact) mass is 325 g/mol. The maximum absolute atomic E-state index is 5.33. The number of rotatable bonds is 7. The highest BCUT2D eigenvalue weighted by molar-refractivity contribution is 5.18. The van der Waals surface area contributed by atoms with Gasteiger partial charge in [-0.2, -0.15) is 10.1 Å². The van der Waals surface area contributed by atoms with Gasteiger partial charge in [0.1, 0.15) is 0 Å². The molecule has 1 N–H and O–H groups in total. The first kappa shape index (κ1) is 16.4. The Labute approximate surface area is 141 Å². The quantitative estimate of drug-likeness (QED) is 0.723. The maximum atomic E-state index is 5.33. The average molecular weight is 325 g/mol. The number of hydrogen-bond donors (Lipinski definition) is 1. The van der Waals surface area contributed by atoms with Crippen LogP contribution in [0, 0.1) is 6.92 Å². The lowest BCUT2D eigenvalue weighted by atomic mass is 10.1. The van der Waals surface area contributed by atoms with Gasteiger partial charge >= 0.3 is 0 Å². The molecule has 3 rings (SSSR count). The third-order valence-corrected chi connectivity index (χ3v) is 4.16. The minimum Gasteiger partial charge on any atom is -0.338 e. The molecule has 0 amide bonds. The van der Waals surface area contributed by atoms with Crippen molar-refractivity contribution < 1.29 is 4.52 Å². The van der Waals surface area contributed by atoms with E-state index in [2.05, 4.69) is 46.5 Å². The van der Waals surface area contributed by atoms with Crippen LogP contribution in [0.2, 0.25) is 0 Å². The van der Waals surface area contributed by atoms with E-state index in [1.165, 1.54) is 5.56 Å². The third-order valence-electron chi connectivity index (χ3n) is 4.16. The number of nitrogens with zero attached hydrogens (tertiary/aromatic N) is 4. The minimum absolute atomic E-state index is 0.230. The van der Waals surface area contributed by atoms with Gasteiger partial charge in [0.05, 0.1) is 18.8 Å². The third kappa shape index (κ3) is 4.08. The summed E-state index contributed by atoms with van der Waals surface area (Å²) in [6, 6.07) is 10.6. The van der Waals surface area contributed by atoms with E-state index in [0.717, 1.165) is 5.56 Å². The first-order chi connectivity index (χ1) is 11.6. The van der Waals surface area contributed by atoms with Crippen LogP contribution in [-0.2, 0) is 13.0 Å². The summed E-state index contributed by atoms with van der Waals surface area (Å²) in [7, 11) is 0. The molecule has 2 aromatic heterocycles. The van der Waals surface area contributed by atoms with Crippen LogP contribution in [0.1, 0.15) is 42.7 Å². The lowest BCUT2D eigenvalue weighted by Gasteiger charge is -2.20. The molecule has 2 heterocycles. The highest BCUT2D eigenvalue weighted by atomic mass is 16.5. The predicted octanol–water partition coefficient (Wildman–Crippen LogP) is 2.90. The molecule has 0 aliphatic heterocycles. The zero-order chi connectivity index (χ0) is 16.9. The van der Waals surface area contributed by atoms with Crippen LogP contribution < -0.4 is 5.32 Å².